The molecule has 0 radical (unpaired) electrons. The summed E-state index contributed by atoms with van der Waals surface area (Å²) in [6, 6.07) is 0. The molecule has 1 saturated carbocycles. The predicted octanol–water partition coefficient (Wildman–Crippen LogP) is -0.966. The first kappa shape index (κ1) is 12.1. The Kier molecular flexibility index (Phi) is 3.35. The summed E-state index contributed by atoms with van der Waals surface area (Å²) in [5, 5.41) is 0. The number of hydrogen-bond acceptors (Lipinski definition) is 3. The predicted molar refractivity (Wildman–Crippen MR) is 63.7 cm³/mol. The number of nitrogens with zero attached hydrogens (tertiary/aromatic N) is 1. The van der Waals surface area contributed by atoms with Gasteiger partial charge in [-0.1, -0.05) is 12.8 Å². The number of hydrogen-bond donors (Lipinski definition) is 1. The number of ether oxygens (including phenoxy) is 1. The normalized spacial score (nSPS) is 33.9. The van der Waals surface area contributed by atoms with Gasteiger partial charge in [0.15, 0.2) is 6.67 Å². The first-order valence-electron chi connectivity index (χ1n) is 7.04. The summed E-state index contributed by atoms with van der Waals surface area (Å²) < 4.78 is 5.30. The zero-order valence-corrected chi connectivity index (χ0v) is 10.7. The lowest BCUT2D eigenvalue weighted by atomic mass is 9.81. The molecule has 1 aliphatic carbocycles. The largest absolute Gasteiger partial charge is 0.370 e. The Balaban J connectivity index is 1.68. The molecule has 2 aliphatic heterocycles. The Morgan fingerprint density at radius 2 is 1.61 bits per heavy atom. The Labute approximate surface area is 107 Å². The third-order valence-corrected chi connectivity index (χ3v) is 4.51. The average Bonchev–Trinajstić information content (AvgIpc) is 2.66. The zero-order valence-electron chi connectivity index (χ0n) is 10.7. The number of carbonyl (C=O) groups is 2. The molecule has 0 aromatic carbocycles. The van der Waals surface area contributed by atoms with Crippen LogP contribution in [0.2, 0.25) is 0 Å². The molecule has 1 N–H and O–H groups in total. The molecule has 0 spiro atoms. The molecular weight excluding hydrogens is 232 g/mol. The molecule has 100 valence electrons. The summed E-state index contributed by atoms with van der Waals surface area (Å²) in [6.07, 6.45) is 4.01. The van der Waals surface area contributed by atoms with E-state index >= 15 is 0 Å². The average molecular weight is 253 g/mol. The van der Waals surface area contributed by atoms with Gasteiger partial charge in [-0.25, -0.2) is 4.90 Å². The fourth-order valence-corrected chi connectivity index (χ4v) is 3.43. The van der Waals surface area contributed by atoms with Crippen molar-refractivity contribution in [1.29, 1.82) is 0 Å². The van der Waals surface area contributed by atoms with Gasteiger partial charge in [-0.15, -0.1) is 0 Å². The van der Waals surface area contributed by atoms with E-state index in [4.69, 9.17) is 4.74 Å². The summed E-state index contributed by atoms with van der Waals surface area (Å²) in [7, 11) is 0. The number of morpholine rings is 1. The zero-order chi connectivity index (χ0) is 12.5. The molecule has 3 rings (SSSR count). The number of fused-ring (bicyclic) bond motifs is 1. The van der Waals surface area contributed by atoms with Crippen LogP contribution in [0, 0.1) is 11.8 Å². The molecule has 2 heterocycles. The van der Waals surface area contributed by atoms with Crippen LogP contribution in [0.5, 0.6) is 0 Å². The Morgan fingerprint density at radius 3 is 2.17 bits per heavy atom. The SMILES string of the molecule is O=C1[C@H]2CCCC[C@@H]2C(=O)N1C[NH+]1CCOCC1. The highest BCUT2D eigenvalue weighted by molar-refractivity contribution is 6.05. The van der Waals surface area contributed by atoms with Crippen LogP contribution >= 0.6 is 0 Å². The first-order chi connectivity index (χ1) is 8.77. The molecule has 18 heavy (non-hydrogen) atoms. The molecule has 3 aliphatic rings. The topological polar surface area (TPSA) is 51.0 Å². The van der Waals surface area contributed by atoms with E-state index in [1.807, 2.05) is 0 Å². The second-order valence-corrected chi connectivity index (χ2v) is 5.62. The third kappa shape index (κ3) is 2.06. The summed E-state index contributed by atoms with van der Waals surface area (Å²) in [5.74, 6) is 0.158. The van der Waals surface area contributed by atoms with Crippen molar-refractivity contribution >= 4 is 11.8 Å². The van der Waals surface area contributed by atoms with E-state index in [1.54, 1.807) is 0 Å². The molecule has 0 bridgehead atoms. The molecule has 0 aromatic rings. The highest BCUT2D eigenvalue weighted by Gasteiger charge is 2.49. The van der Waals surface area contributed by atoms with Crippen LogP contribution in [0.3, 0.4) is 0 Å². The number of quaternary nitrogens is 1. The van der Waals surface area contributed by atoms with Crippen LogP contribution < -0.4 is 4.90 Å². The summed E-state index contributed by atoms with van der Waals surface area (Å²) in [5.41, 5.74) is 0. The van der Waals surface area contributed by atoms with E-state index in [0.29, 0.717) is 6.67 Å². The van der Waals surface area contributed by atoms with Crippen LogP contribution in [0.1, 0.15) is 25.7 Å². The summed E-state index contributed by atoms with van der Waals surface area (Å²) in [6.45, 7) is 3.81. The van der Waals surface area contributed by atoms with E-state index in [9.17, 15) is 9.59 Å². The number of likely N-dealkylation sites (tertiary alicyclic amines) is 1. The van der Waals surface area contributed by atoms with Gasteiger partial charge in [0.25, 0.3) is 0 Å². The van der Waals surface area contributed by atoms with E-state index in [1.165, 1.54) is 9.80 Å². The standard InChI is InChI=1S/C13H20N2O3/c16-12-10-3-1-2-4-11(10)13(17)15(12)9-14-5-7-18-8-6-14/h10-11H,1-9H2/p+1/t10-,11-/m0/s1. The quantitative estimate of drug-likeness (QED) is 0.645. The number of carbonyl (C=O) groups excluding carboxylic acids is 2. The van der Waals surface area contributed by atoms with Crippen LogP contribution in [0.15, 0.2) is 0 Å². The lowest BCUT2D eigenvalue weighted by Crippen LogP contribution is -3.15. The van der Waals surface area contributed by atoms with Crippen LogP contribution in [-0.4, -0.2) is 49.7 Å². The van der Waals surface area contributed by atoms with Crippen LogP contribution in [-0.2, 0) is 14.3 Å². The number of nitrogens with one attached hydrogen (secondary N) is 1. The van der Waals surface area contributed by atoms with E-state index < -0.39 is 0 Å². The molecule has 5 heteroatoms. The Hall–Kier alpha value is -0.940. The minimum Gasteiger partial charge on any atom is -0.370 e. The Bertz CT molecular complexity index is 328. The smallest absolute Gasteiger partial charge is 0.237 e. The summed E-state index contributed by atoms with van der Waals surface area (Å²) in [4.78, 5) is 27.4. The molecule has 2 saturated heterocycles. The van der Waals surface area contributed by atoms with Gasteiger partial charge in [-0.2, -0.15) is 0 Å². The fourth-order valence-electron chi connectivity index (χ4n) is 3.43. The monoisotopic (exact) mass is 253 g/mol. The van der Waals surface area contributed by atoms with E-state index in [0.717, 1.165) is 52.0 Å². The van der Waals surface area contributed by atoms with E-state index in [-0.39, 0.29) is 23.7 Å². The molecule has 5 nitrogen and oxygen atoms in total. The lowest BCUT2D eigenvalue weighted by Gasteiger charge is -2.27. The highest BCUT2D eigenvalue weighted by Crippen LogP contribution is 2.37. The molecule has 0 unspecified atom stereocenters. The molecular formula is C13H21N2O3+. The van der Waals surface area contributed by atoms with Crippen LogP contribution in [0.4, 0.5) is 0 Å². The molecule has 3 fully saturated rings. The third-order valence-electron chi connectivity index (χ3n) is 4.51. The molecule has 0 aromatic heterocycles. The van der Waals surface area contributed by atoms with Crippen molar-refractivity contribution in [2.75, 3.05) is 33.0 Å². The van der Waals surface area contributed by atoms with Crippen molar-refractivity contribution in [2.24, 2.45) is 11.8 Å². The molecule has 2 amide bonds. The lowest BCUT2D eigenvalue weighted by molar-refractivity contribution is -0.915. The van der Waals surface area contributed by atoms with Gasteiger partial charge in [0, 0.05) is 0 Å². The minimum absolute atomic E-state index is 0.00769. The van der Waals surface area contributed by atoms with Crippen molar-refractivity contribution in [3.63, 3.8) is 0 Å². The van der Waals surface area contributed by atoms with Gasteiger partial charge in [-0.05, 0) is 12.8 Å². The number of rotatable bonds is 2. The number of amides is 2. The van der Waals surface area contributed by atoms with Gasteiger partial charge in [-0.3, -0.25) is 9.59 Å². The second kappa shape index (κ2) is 4.97. The Morgan fingerprint density at radius 1 is 1.06 bits per heavy atom. The maximum absolute atomic E-state index is 12.3. The maximum atomic E-state index is 12.3. The fraction of sp³-hybridized carbons (Fsp3) is 0.846. The van der Waals surface area contributed by atoms with Crippen molar-refractivity contribution < 1.29 is 19.2 Å². The van der Waals surface area contributed by atoms with E-state index in [2.05, 4.69) is 0 Å². The van der Waals surface area contributed by atoms with Gasteiger partial charge in [0.05, 0.1) is 25.0 Å². The highest BCUT2D eigenvalue weighted by atomic mass is 16.5. The van der Waals surface area contributed by atoms with Gasteiger partial charge < -0.3 is 9.64 Å². The minimum atomic E-state index is -0.00769. The number of imide groups is 1. The van der Waals surface area contributed by atoms with Gasteiger partial charge in [0.2, 0.25) is 11.8 Å². The van der Waals surface area contributed by atoms with Crippen molar-refractivity contribution in [3.05, 3.63) is 0 Å². The van der Waals surface area contributed by atoms with Gasteiger partial charge in [0.1, 0.15) is 13.1 Å². The maximum Gasteiger partial charge on any atom is 0.237 e. The first-order valence-corrected chi connectivity index (χ1v) is 7.04. The summed E-state index contributed by atoms with van der Waals surface area (Å²) >= 11 is 0. The van der Waals surface area contributed by atoms with Crippen molar-refractivity contribution in [3.8, 4) is 0 Å². The second-order valence-electron chi connectivity index (χ2n) is 5.62. The van der Waals surface area contributed by atoms with Gasteiger partial charge >= 0.3 is 0 Å². The van der Waals surface area contributed by atoms with Crippen molar-refractivity contribution in [1.82, 2.24) is 4.90 Å². The van der Waals surface area contributed by atoms with Crippen LogP contribution in [0.25, 0.3) is 0 Å². The molecule has 2 atom stereocenters. The van der Waals surface area contributed by atoms with Crippen molar-refractivity contribution in [2.45, 2.75) is 25.7 Å².